The van der Waals surface area contributed by atoms with Gasteiger partial charge in [0.25, 0.3) is 0 Å². The number of rotatable bonds is 16. The number of imidazole rings is 1. The summed E-state index contributed by atoms with van der Waals surface area (Å²) < 4.78 is 7.91. The molecule has 0 saturated heterocycles. The molecule has 0 amide bonds. The number of hydrogen-bond donors (Lipinski definition) is 0. The summed E-state index contributed by atoms with van der Waals surface area (Å²) in [5.41, 5.74) is 0.448. The average molecular weight is 351 g/mol. The van der Waals surface area contributed by atoms with E-state index in [1.807, 2.05) is 12.5 Å². The fraction of sp³-hybridized carbons (Fsp3) is 0.864. The van der Waals surface area contributed by atoms with Gasteiger partial charge in [0.2, 0.25) is 0 Å². The fourth-order valence-corrected chi connectivity index (χ4v) is 3.14. The molecule has 0 fully saturated rings. The number of unbranched alkanes of at least 4 members (excludes halogenated alkanes) is 9. The molecule has 0 radical (unpaired) electrons. The first-order valence-electron chi connectivity index (χ1n) is 10.6. The van der Waals surface area contributed by atoms with Crippen molar-refractivity contribution in [3.63, 3.8) is 0 Å². The van der Waals surface area contributed by atoms with Crippen molar-refractivity contribution in [2.75, 3.05) is 13.2 Å². The minimum absolute atomic E-state index is 0.448. The molecule has 0 aromatic carbocycles. The Morgan fingerprint density at radius 2 is 1.32 bits per heavy atom. The lowest BCUT2D eigenvalue weighted by molar-refractivity contribution is 0.118. The van der Waals surface area contributed by atoms with Crippen molar-refractivity contribution in [1.29, 1.82) is 0 Å². The van der Waals surface area contributed by atoms with Gasteiger partial charge in [-0.3, -0.25) is 0 Å². The lowest BCUT2D eigenvalue weighted by atomic mass is 9.91. The topological polar surface area (TPSA) is 27.1 Å². The molecular formula is C22H42N2O. The Balaban J connectivity index is 1.69. The Morgan fingerprint density at radius 1 is 0.760 bits per heavy atom. The van der Waals surface area contributed by atoms with E-state index in [-0.39, 0.29) is 0 Å². The molecule has 0 spiro atoms. The number of nitrogens with zero attached hydrogens (tertiary/aromatic N) is 2. The molecule has 3 heteroatoms. The predicted octanol–water partition coefficient (Wildman–Crippen LogP) is 6.63. The summed E-state index contributed by atoms with van der Waals surface area (Å²) in [5, 5.41) is 0. The van der Waals surface area contributed by atoms with Crippen LogP contribution in [0.5, 0.6) is 0 Å². The summed E-state index contributed by atoms with van der Waals surface area (Å²) >= 11 is 0. The lowest BCUT2D eigenvalue weighted by Gasteiger charge is -2.17. The minimum atomic E-state index is 0.448. The SMILES string of the molecule is CC(C)(C)CCCOCCCCCCCCCCCCn1ccnc1. The van der Waals surface area contributed by atoms with E-state index >= 15 is 0 Å². The van der Waals surface area contributed by atoms with E-state index < -0.39 is 0 Å². The third-order valence-electron chi connectivity index (χ3n) is 4.73. The Kier molecular flexibility index (Phi) is 12.8. The maximum absolute atomic E-state index is 5.73. The molecule has 25 heavy (non-hydrogen) atoms. The van der Waals surface area contributed by atoms with Gasteiger partial charge in [0.15, 0.2) is 0 Å². The third kappa shape index (κ3) is 15.2. The zero-order chi connectivity index (χ0) is 18.2. The van der Waals surface area contributed by atoms with Gasteiger partial charge in [-0.1, -0.05) is 72.1 Å². The molecular weight excluding hydrogens is 308 g/mol. The molecule has 146 valence electrons. The highest BCUT2D eigenvalue weighted by molar-refractivity contribution is 4.73. The molecule has 3 nitrogen and oxygen atoms in total. The summed E-state index contributed by atoms with van der Waals surface area (Å²) in [6.07, 6.45) is 21.9. The summed E-state index contributed by atoms with van der Waals surface area (Å²) in [4.78, 5) is 4.07. The highest BCUT2D eigenvalue weighted by Gasteiger charge is 2.08. The number of ether oxygens (including phenoxy) is 1. The van der Waals surface area contributed by atoms with Crippen LogP contribution in [0.4, 0.5) is 0 Å². The number of hydrogen-bond acceptors (Lipinski definition) is 2. The summed E-state index contributed by atoms with van der Waals surface area (Å²) in [5.74, 6) is 0. The smallest absolute Gasteiger partial charge is 0.0945 e. The largest absolute Gasteiger partial charge is 0.381 e. The Bertz CT molecular complexity index is 381. The molecule has 0 bridgehead atoms. The molecule has 0 atom stereocenters. The first-order valence-corrected chi connectivity index (χ1v) is 10.6. The van der Waals surface area contributed by atoms with Crippen molar-refractivity contribution in [3.05, 3.63) is 18.7 Å². The Morgan fingerprint density at radius 3 is 1.88 bits per heavy atom. The standard InChI is InChI=1S/C22H42N2O/c1-22(2,3)15-14-20-25-19-13-11-9-7-5-4-6-8-10-12-17-24-18-16-23-21-24/h16,18,21H,4-15,17,19-20H2,1-3H3. The van der Waals surface area contributed by atoms with Gasteiger partial charge in [-0.25, -0.2) is 4.98 Å². The van der Waals surface area contributed by atoms with E-state index in [9.17, 15) is 0 Å². The van der Waals surface area contributed by atoms with Crippen LogP contribution >= 0.6 is 0 Å². The van der Waals surface area contributed by atoms with Gasteiger partial charge in [-0.2, -0.15) is 0 Å². The molecule has 1 rings (SSSR count). The maximum atomic E-state index is 5.73. The Labute approximate surface area is 156 Å². The zero-order valence-electron chi connectivity index (χ0n) is 17.1. The summed E-state index contributed by atoms with van der Waals surface area (Å²) in [7, 11) is 0. The van der Waals surface area contributed by atoms with Crippen molar-refractivity contribution in [2.45, 2.75) is 104 Å². The van der Waals surface area contributed by atoms with Gasteiger partial charge in [-0.15, -0.1) is 0 Å². The normalized spacial score (nSPS) is 12.0. The molecule has 1 aromatic heterocycles. The molecule has 0 N–H and O–H groups in total. The van der Waals surface area contributed by atoms with Gasteiger partial charge in [0, 0.05) is 32.2 Å². The highest BCUT2D eigenvalue weighted by Crippen LogP contribution is 2.20. The van der Waals surface area contributed by atoms with Crippen molar-refractivity contribution in [3.8, 4) is 0 Å². The third-order valence-corrected chi connectivity index (χ3v) is 4.73. The molecule has 0 aliphatic rings. The quantitative estimate of drug-likeness (QED) is 0.313. The fourth-order valence-electron chi connectivity index (χ4n) is 3.14. The van der Waals surface area contributed by atoms with E-state index in [0.29, 0.717) is 5.41 Å². The van der Waals surface area contributed by atoms with Gasteiger partial charge in [0.05, 0.1) is 6.33 Å². The van der Waals surface area contributed by atoms with Gasteiger partial charge < -0.3 is 9.30 Å². The molecule has 0 aliphatic carbocycles. The van der Waals surface area contributed by atoms with Crippen LogP contribution in [0.3, 0.4) is 0 Å². The van der Waals surface area contributed by atoms with Gasteiger partial charge >= 0.3 is 0 Å². The van der Waals surface area contributed by atoms with Crippen LogP contribution in [0.1, 0.15) is 97.8 Å². The molecule has 0 saturated carbocycles. The van der Waals surface area contributed by atoms with Crippen LogP contribution in [0.15, 0.2) is 18.7 Å². The molecule has 0 aliphatic heterocycles. The van der Waals surface area contributed by atoms with E-state index in [4.69, 9.17) is 4.74 Å². The lowest BCUT2D eigenvalue weighted by Crippen LogP contribution is -2.07. The minimum Gasteiger partial charge on any atom is -0.381 e. The molecule has 1 aromatic rings. The van der Waals surface area contributed by atoms with Crippen LogP contribution in [0.2, 0.25) is 0 Å². The van der Waals surface area contributed by atoms with Crippen LogP contribution < -0.4 is 0 Å². The van der Waals surface area contributed by atoms with Crippen LogP contribution in [0.25, 0.3) is 0 Å². The van der Waals surface area contributed by atoms with Gasteiger partial charge in [0.1, 0.15) is 0 Å². The number of aromatic nitrogens is 2. The Hall–Kier alpha value is -0.830. The molecule has 0 unspecified atom stereocenters. The van der Waals surface area contributed by atoms with Crippen molar-refractivity contribution >= 4 is 0 Å². The van der Waals surface area contributed by atoms with E-state index in [0.717, 1.165) is 19.8 Å². The summed E-state index contributed by atoms with van der Waals surface area (Å²) in [6, 6.07) is 0. The van der Waals surface area contributed by atoms with E-state index in [2.05, 4.69) is 36.5 Å². The van der Waals surface area contributed by atoms with Gasteiger partial charge in [-0.05, 0) is 31.1 Å². The van der Waals surface area contributed by atoms with Crippen LogP contribution in [0, 0.1) is 5.41 Å². The second-order valence-electron chi connectivity index (χ2n) is 8.61. The maximum Gasteiger partial charge on any atom is 0.0945 e. The van der Waals surface area contributed by atoms with Crippen LogP contribution in [-0.4, -0.2) is 22.8 Å². The van der Waals surface area contributed by atoms with Crippen molar-refractivity contribution < 1.29 is 4.74 Å². The van der Waals surface area contributed by atoms with E-state index in [1.165, 1.54) is 77.0 Å². The highest BCUT2D eigenvalue weighted by atomic mass is 16.5. The second-order valence-corrected chi connectivity index (χ2v) is 8.61. The molecule has 1 heterocycles. The monoisotopic (exact) mass is 350 g/mol. The predicted molar refractivity (Wildman–Crippen MR) is 108 cm³/mol. The second kappa shape index (κ2) is 14.4. The van der Waals surface area contributed by atoms with Crippen LogP contribution in [-0.2, 0) is 11.3 Å². The zero-order valence-corrected chi connectivity index (χ0v) is 17.1. The number of aryl methyl sites for hydroxylation is 1. The first kappa shape index (κ1) is 22.2. The summed E-state index contributed by atoms with van der Waals surface area (Å²) in [6.45, 7) is 9.93. The average Bonchev–Trinajstić information content (AvgIpc) is 3.07. The van der Waals surface area contributed by atoms with Crippen molar-refractivity contribution in [2.24, 2.45) is 5.41 Å². The van der Waals surface area contributed by atoms with Crippen molar-refractivity contribution in [1.82, 2.24) is 9.55 Å². The first-order chi connectivity index (χ1) is 12.1. The van der Waals surface area contributed by atoms with E-state index in [1.54, 1.807) is 0 Å².